The van der Waals surface area contributed by atoms with Crippen molar-refractivity contribution < 1.29 is 0 Å². The van der Waals surface area contributed by atoms with Crippen LogP contribution >= 0.6 is 11.6 Å². The van der Waals surface area contributed by atoms with Gasteiger partial charge in [0.1, 0.15) is 11.6 Å². The van der Waals surface area contributed by atoms with Crippen LogP contribution in [0.2, 0.25) is 5.02 Å². The zero-order valence-corrected chi connectivity index (χ0v) is 12.3. The van der Waals surface area contributed by atoms with Gasteiger partial charge in [-0.3, -0.25) is 0 Å². The van der Waals surface area contributed by atoms with Gasteiger partial charge in [0.15, 0.2) is 0 Å². The average molecular weight is 288 g/mol. The Labute approximate surface area is 124 Å². The van der Waals surface area contributed by atoms with E-state index in [1.54, 1.807) is 0 Å². The van der Waals surface area contributed by atoms with E-state index in [2.05, 4.69) is 29.4 Å². The summed E-state index contributed by atoms with van der Waals surface area (Å²) in [5, 5.41) is 4.05. The van der Waals surface area contributed by atoms with E-state index in [9.17, 15) is 0 Å². The zero-order valence-electron chi connectivity index (χ0n) is 11.6. The van der Waals surface area contributed by atoms with E-state index in [0.29, 0.717) is 5.92 Å². The Balaban J connectivity index is 1.87. The molecule has 1 saturated carbocycles. The predicted molar refractivity (Wildman–Crippen MR) is 82.4 cm³/mol. The van der Waals surface area contributed by atoms with E-state index < -0.39 is 0 Å². The molecule has 0 saturated heterocycles. The Bertz CT molecular complexity index is 608. The van der Waals surface area contributed by atoms with Gasteiger partial charge in [0.2, 0.25) is 0 Å². The molecule has 1 aliphatic rings. The van der Waals surface area contributed by atoms with Gasteiger partial charge >= 0.3 is 0 Å². The van der Waals surface area contributed by atoms with Crippen molar-refractivity contribution in [3.8, 4) is 0 Å². The van der Waals surface area contributed by atoms with Crippen molar-refractivity contribution in [2.45, 2.75) is 32.1 Å². The monoisotopic (exact) mass is 287 g/mol. The predicted octanol–water partition coefficient (Wildman–Crippen LogP) is 4.03. The summed E-state index contributed by atoms with van der Waals surface area (Å²) in [6, 6.07) is 9.97. The summed E-state index contributed by atoms with van der Waals surface area (Å²) in [5.41, 5.74) is 2.32. The van der Waals surface area contributed by atoms with Gasteiger partial charge in [-0.2, -0.15) is 0 Å². The highest BCUT2D eigenvalue weighted by molar-refractivity contribution is 6.30. The standard InChI is InChI=1S/C16H18ClN3/c1-2-18-15-10-14(12-6-7-12)19-16(20-15)9-11-4-3-5-13(17)8-11/h3-5,8,10,12H,2,6-7,9H2,1H3,(H,18,19,20). The highest BCUT2D eigenvalue weighted by Gasteiger charge is 2.26. The van der Waals surface area contributed by atoms with Gasteiger partial charge in [-0.15, -0.1) is 0 Å². The Morgan fingerprint density at radius 1 is 1.25 bits per heavy atom. The number of rotatable bonds is 5. The third kappa shape index (κ3) is 3.28. The second-order valence-corrected chi connectivity index (χ2v) is 5.64. The van der Waals surface area contributed by atoms with Gasteiger partial charge in [-0.25, -0.2) is 9.97 Å². The first-order chi connectivity index (χ1) is 9.74. The molecule has 0 radical (unpaired) electrons. The first-order valence-electron chi connectivity index (χ1n) is 7.11. The largest absolute Gasteiger partial charge is 0.370 e. The summed E-state index contributed by atoms with van der Waals surface area (Å²) in [6.45, 7) is 2.95. The third-order valence-corrected chi connectivity index (χ3v) is 3.63. The van der Waals surface area contributed by atoms with Crippen molar-refractivity contribution in [3.05, 3.63) is 52.4 Å². The lowest BCUT2D eigenvalue weighted by molar-refractivity contribution is 0.898. The van der Waals surface area contributed by atoms with Crippen LogP contribution in [0.3, 0.4) is 0 Å². The van der Waals surface area contributed by atoms with Crippen LogP contribution in [0.4, 0.5) is 5.82 Å². The first-order valence-corrected chi connectivity index (χ1v) is 7.48. The topological polar surface area (TPSA) is 37.8 Å². The quantitative estimate of drug-likeness (QED) is 0.902. The van der Waals surface area contributed by atoms with Crippen LogP contribution in [-0.4, -0.2) is 16.5 Å². The number of nitrogens with one attached hydrogen (secondary N) is 1. The van der Waals surface area contributed by atoms with Crippen LogP contribution in [0.5, 0.6) is 0 Å². The van der Waals surface area contributed by atoms with Crippen molar-refractivity contribution in [1.82, 2.24) is 9.97 Å². The maximum atomic E-state index is 6.03. The number of halogens is 1. The molecule has 104 valence electrons. The molecular weight excluding hydrogens is 270 g/mol. The molecule has 0 atom stereocenters. The first kappa shape index (κ1) is 13.4. The fourth-order valence-corrected chi connectivity index (χ4v) is 2.50. The van der Waals surface area contributed by atoms with Gasteiger partial charge in [0.05, 0.1) is 0 Å². The molecule has 1 aromatic carbocycles. The van der Waals surface area contributed by atoms with Crippen molar-refractivity contribution in [3.63, 3.8) is 0 Å². The van der Waals surface area contributed by atoms with Gasteiger partial charge in [0.25, 0.3) is 0 Å². The van der Waals surface area contributed by atoms with Crippen molar-refractivity contribution in [2.24, 2.45) is 0 Å². The van der Waals surface area contributed by atoms with Crippen molar-refractivity contribution >= 4 is 17.4 Å². The van der Waals surface area contributed by atoms with Crippen molar-refractivity contribution in [1.29, 1.82) is 0 Å². The summed E-state index contributed by atoms with van der Waals surface area (Å²) in [6.07, 6.45) is 3.22. The summed E-state index contributed by atoms with van der Waals surface area (Å²) in [5.74, 6) is 2.43. The molecule has 0 unspecified atom stereocenters. The zero-order chi connectivity index (χ0) is 13.9. The fourth-order valence-electron chi connectivity index (χ4n) is 2.29. The molecule has 1 N–H and O–H groups in total. The molecule has 4 heteroatoms. The lowest BCUT2D eigenvalue weighted by atomic mass is 10.1. The lowest BCUT2D eigenvalue weighted by Gasteiger charge is -2.09. The van der Waals surface area contributed by atoms with E-state index in [1.807, 2.05) is 18.2 Å². The van der Waals surface area contributed by atoms with Crippen LogP contribution < -0.4 is 5.32 Å². The molecule has 3 rings (SSSR count). The molecule has 0 amide bonds. The molecular formula is C16H18ClN3. The molecule has 0 spiro atoms. The number of hydrogen-bond donors (Lipinski definition) is 1. The van der Waals surface area contributed by atoms with Gasteiger partial charge < -0.3 is 5.32 Å². The maximum Gasteiger partial charge on any atom is 0.135 e. The minimum absolute atomic E-state index is 0.633. The number of hydrogen-bond acceptors (Lipinski definition) is 3. The minimum Gasteiger partial charge on any atom is -0.370 e. The Morgan fingerprint density at radius 2 is 2.10 bits per heavy atom. The van der Waals surface area contributed by atoms with Crippen LogP contribution in [0.25, 0.3) is 0 Å². The molecule has 1 aliphatic carbocycles. The molecule has 0 aliphatic heterocycles. The van der Waals surface area contributed by atoms with E-state index in [-0.39, 0.29) is 0 Å². The van der Waals surface area contributed by atoms with Crippen LogP contribution in [0, 0.1) is 0 Å². The maximum absolute atomic E-state index is 6.03. The van der Waals surface area contributed by atoms with E-state index in [4.69, 9.17) is 16.6 Å². The summed E-state index contributed by atoms with van der Waals surface area (Å²) in [4.78, 5) is 9.30. The van der Waals surface area contributed by atoms with E-state index in [0.717, 1.165) is 35.2 Å². The number of anilines is 1. The van der Waals surface area contributed by atoms with Crippen LogP contribution in [-0.2, 0) is 6.42 Å². The highest BCUT2D eigenvalue weighted by atomic mass is 35.5. The number of aromatic nitrogens is 2. The van der Waals surface area contributed by atoms with Crippen LogP contribution in [0.15, 0.2) is 30.3 Å². The smallest absolute Gasteiger partial charge is 0.135 e. The average Bonchev–Trinajstić information content (AvgIpc) is 3.23. The van der Waals surface area contributed by atoms with E-state index in [1.165, 1.54) is 18.5 Å². The summed E-state index contributed by atoms with van der Waals surface area (Å²) >= 11 is 6.03. The van der Waals surface area contributed by atoms with E-state index >= 15 is 0 Å². The van der Waals surface area contributed by atoms with Gasteiger partial charge in [-0.1, -0.05) is 23.7 Å². The van der Waals surface area contributed by atoms with Crippen LogP contribution in [0.1, 0.15) is 42.8 Å². The number of nitrogens with zero attached hydrogens (tertiary/aromatic N) is 2. The number of benzene rings is 1. The Hall–Kier alpha value is -1.61. The fraction of sp³-hybridized carbons (Fsp3) is 0.375. The summed E-state index contributed by atoms with van der Waals surface area (Å²) in [7, 11) is 0. The molecule has 1 fully saturated rings. The SMILES string of the molecule is CCNc1cc(C2CC2)nc(Cc2cccc(Cl)c2)n1. The molecule has 3 nitrogen and oxygen atoms in total. The molecule has 1 heterocycles. The minimum atomic E-state index is 0.633. The molecule has 20 heavy (non-hydrogen) atoms. The molecule has 0 bridgehead atoms. The Kier molecular flexibility index (Phi) is 3.88. The Morgan fingerprint density at radius 3 is 2.80 bits per heavy atom. The second kappa shape index (κ2) is 5.80. The normalized spacial score (nSPS) is 14.3. The molecule has 2 aromatic rings. The lowest BCUT2D eigenvalue weighted by Crippen LogP contribution is -2.06. The second-order valence-electron chi connectivity index (χ2n) is 5.21. The highest BCUT2D eigenvalue weighted by Crippen LogP contribution is 2.39. The summed E-state index contributed by atoms with van der Waals surface area (Å²) < 4.78 is 0. The van der Waals surface area contributed by atoms with Gasteiger partial charge in [0, 0.05) is 35.7 Å². The third-order valence-electron chi connectivity index (χ3n) is 3.40. The van der Waals surface area contributed by atoms with Crippen molar-refractivity contribution in [2.75, 3.05) is 11.9 Å². The molecule has 1 aromatic heterocycles. The van der Waals surface area contributed by atoms with Gasteiger partial charge in [-0.05, 0) is 37.5 Å².